The van der Waals surface area contributed by atoms with Gasteiger partial charge >= 0.3 is 0 Å². The first kappa shape index (κ1) is 17.6. The zero-order chi connectivity index (χ0) is 17.1. The van der Waals surface area contributed by atoms with E-state index in [0.717, 1.165) is 57.5 Å². The number of aromatic nitrogens is 1. The highest BCUT2D eigenvalue weighted by Crippen LogP contribution is 2.35. The lowest BCUT2D eigenvalue weighted by Gasteiger charge is -2.33. The van der Waals surface area contributed by atoms with Crippen LogP contribution in [0.3, 0.4) is 0 Å². The number of hydrogen-bond donors (Lipinski definition) is 1. The first-order chi connectivity index (χ1) is 11.5. The molecule has 2 heterocycles. The molecule has 1 N–H and O–H groups in total. The summed E-state index contributed by atoms with van der Waals surface area (Å²) in [6, 6.07) is 2.19. The Kier molecular flexibility index (Phi) is 5.74. The normalized spacial score (nSPS) is 19.7. The Morgan fingerprint density at radius 2 is 2.04 bits per heavy atom. The number of nitrogens with zero attached hydrogens (tertiary/aromatic N) is 3. The van der Waals surface area contributed by atoms with Gasteiger partial charge in [0.05, 0.1) is 5.56 Å². The predicted octanol–water partition coefficient (Wildman–Crippen LogP) is 2.77. The first-order valence-electron chi connectivity index (χ1n) is 8.86. The van der Waals surface area contributed by atoms with Crippen molar-refractivity contribution in [3.63, 3.8) is 0 Å². The molecule has 1 saturated heterocycles. The molecule has 1 aromatic rings. The summed E-state index contributed by atoms with van der Waals surface area (Å²) >= 11 is 6.05. The molecular formula is C18H27ClN4O. The summed E-state index contributed by atoms with van der Waals surface area (Å²) in [5.74, 6) is 0.409. The van der Waals surface area contributed by atoms with E-state index in [2.05, 4.69) is 34.2 Å². The lowest BCUT2D eigenvalue weighted by Crippen LogP contribution is -2.42. The minimum Gasteiger partial charge on any atom is -0.381 e. The molecule has 24 heavy (non-hydrogen) atoms. The van der Waals surface area contributed by atoms with Gasteiger partial charge in [0.2, 0.25) is 0 Å². The maximum Gasteiger partial charge on any atom is 0.169 e. The quantitative estimate of drug-likeness (QED) is 0.605. The molecule has 2 aliphatic rings. The Bertz CT molecular complexity index is 580. The smallest absolute Gasteiger partial charge is 0.169 e. The molecule has 1 saturated carbocycles. The third-order valence-electron chi connectivity index (χ3n) is 4.89. The van der Waals surface area contributed by atoms with Crippen LogP contribution in [0.25, 0.3) is 0 Å². The molecule has 0 spiro atoms. The maximum absolute atomic E-state index is 12.4. The number of rotatable bonds is 7. The molecule has 0 unspecified atom stereocenters. The Hall–Kier alpha value is -1.17. The van der Waals surface area contributed by atoms with E-state index in [0.29, 0.717) is 16.8 Å². The number of carbonyl (C=O) groups is 1. The number of anilines is 1. The Balaban J connectivity index is 1.58. The van der Waals surface area contributed by atoms with Gasteiger partial charge in [-0.25, -0.2) is 4.98 Å². The highest BCUT2D eigenvalue weighted by molar-refractivity contribution is 6.29. The van der Waals surface area contributed by atoms with Gasteiger partial charge in [0.25, 0.3) is 0 Å². The standard InChI is InChI=1S/C18H27ClN4O/c1-22(2)9-10-23-7-5-14(6-8-23)21-16-11-17(19)20-12-15(16)18(24)13-3-4-13/h11-14H,3-10H2,1-2H3,(H,20,21). The number of nitrogens with one attached hydrogen (secondary N) is 1. The molecule has 0 aromatic carbocycles. The number of hydrogen-bond acceptors (Lipinski definition) is 5. The minimum atomic E-state index is 0.196. The van der Waals surface area contributed by atoms with Crippen LogP contribution in [-0.2, 0) is 0 Å². The van der Waals surface area contributed by atoms with Gasteiger partial charge < -0.3 is 15.1 Å². The number of likely N-dealkylation sites (tertiary alicyclic amines) is 1. The van der Waals surface area contributed by atoms with Crippen LogP contribution in [0, 0.1) is 5.92 Å². The van der Waals surface area contributed by atoms with Crippen molar-refractivity contribution in [3.05, 3.63) is 23.0 Å². The zero-order valence-electron chi connectivity index (χ0n) is 14.6. The SMILES string of the molecule is CN(C)CCN1CCC(Nc2cc(Cl)ncc2C(=O)C2CC2)CC1. The Morgan fingerprint density at radius 1 is 1.33 bits per heavy atom. The lowest BCUT2D eigenvalue weighted by atomic mass is 10.0. The van der Waals surface area contributed by atoms with E-state index >= 15 is 0 Å². The van der Waals surface area contributed by atoms with Gasteiger partial charge in [0.15, 0.2) is 5.78 Å². The van der Waals surface area contributed by atoms with Gasteiger partial charge in [-0.15, -0.1) is 0 Å². The molecule has 1 aliphatic heterocycles. The van der Waals surface area contributed by atoms with Crippen molar-refractivity contribution in [2.45, 2.75) is 31.7 Å². The topological polar surface area (TPSA) is 48.5 Å². The maximum atomic E-state index is 12.4. The monoisotopic (exact) mass is 350 g/mol. The number of pyridine rings is 1. The van der Waals surface area contributed by atoms with Gasteiger partial charge in [-0.2, -0.15) is 0 Å². The molecular weight excluding hydrogens is 324 g/mol. The molecule has 1 aromatic heterocycles. The van der Waals surface area contributed by atoms with Gasteiger partial charge in [0.1, 0.15) is 5.15 Å². The van der Waals surface area contributed by atoms with Crippen LogP contribution >= 0.6 is 11.6 Å². The van der Waals surface area contributed by atoms with E-state index in [1.165, 1.54) is 0 Å². The second kappa shape index (κ2) is 7.81. The summed E-state index contributed by atoms with van der Waals surface area (Å²) < 4.78 is 0. The van der Waals surface area contributed by atoms with Crippen molar-refractivity contribution < 1.29 is 4.79 Å². The fraction of sp³-hybridized carbons (Fsp3) is 0.667. The molecule has 0 atom stereocenters. The third-order valence-corrected chi connectivity index (χ3v) is 5.10. The van der Waals surface area contributed by atoms with Crippen LogP contribution in [0.15, 0.2) is 12.3 Å². The van der Waals surface area contributed by atoms with Gasteiger partial charge in [0, 0.05) is 50.0 Å². The van der Waals surface area contributed by atoms with Crippen LogP contribution in [0.1, 0.15) is 36.0 Å². The minimum absolute atomic E-state index is 0.196. The molecule has 3 rings (SSSR count). The number of halogens is 1. The van der Waals surface area contributed by atoms with Crippen LogP contribution in [0.4, 0.5) is 5.69 Å². The molecule has 132 valence electrons. The van der Waals surface area contributed by atoms with E-state index in [-0.39, 0.29) is 11.7 Å². The van der Waals surface area contributed by atoms with Crippen LogP contribution in [0.5, 0.6) is 0 Å². The average Bonchev–Trinajstić information content (AvgIpc) is 3.39. The highest BCUT2D eigenvalue weighted by Gasteiger charge is 2.32. The van der Waals surface area contributed by atoms with Crippen molar-refractivity contribution in [1.29, 1.82) is 0 Å². The van der Waals surface area contributed by atoms with E-state index in [1.807, 2.05) is 0 Å². The fourth-order valence-corrected chi connectivity index (χ4v) is 3.33. The lowest BCUT2D eigenvalue weighted by molar-refractivity contribution is 0.0968. The van der Waals surface area contributed by atoms with Gasteiger partial charge in [-0.05, 0) is 45.8 Å². The molecule has 0 amide bonds. The fourth-order valence-electron chi connectivity index (χ4n) is 3.17. The summed E-state index contributed by atoms with van der Waals surface area (Å²) in [5, 5.41) is 4.00. The van der Waals surface area contributed by atoms with Crippen molar-refractivity contribution in [2.24, 2.45) is 5.92 Å². The number of Topliss-reactive ketones (excluding diaryl/α,β-unsaturated/α-hetero) is 1. The van der Waals surface area contributed by atoms with Crippen LogP contribution in [-0.4, -0.2) is 66.9 Å². The van der Waals surface area contributed by atoms with E-state index in [1.54, 1.807) is 12.3 Å². The van der Waals surface area contributed by atoms with Crippen LogP contribution in [0.2, 0.25) is 5.15 Å². The van der Waals surface area contributed by atoms with E-state index in [4.69, 9.17) is 11.6 Å². The summed E-state index contributed by atoms with van der Waals surface area (Å²) in [4.78, 5) is 21.3. The molecule has 2 fully saturated rings. The molecule has 0 bridgehead atoms. The number of carbonyl (C=O) groups excluding carboxylic acids is 1. The summed E-state index contributed by atoms with van der Waals surface area (Å²) in [7, 11) is 4.22. The number of likely N-dealkylation sites (N-methyl/N-ethyl adjacent to an activating group) is 1. The summed E-state index contributed by atoms with van der Waals surface area (Å²) in [5.41, 5.74) is 1.57. The van der Waals surface area contributed by atoms with Crippen molar-refractivity contribution in [3.8, 4) is 0 Å². The second-order valence-corrected chi connectivity index (χ2v) is 7.64. The number of ketones is 1. The van der Waals surface area contributed by atoms with E-state index in [9.17, 15) is 4.79 Å². The molecule has 5 nitrogen and oxygen atoms in total. The van der Waals surface area contributed by atoms with Crippen molar-refractivity contribution in [2.75, 3.05) is 45.6 Å². The van der Waals surface area contributed by atoms with Crippen LogP contribution < -0.4 is 5.32 Å². The largest absolute Gasteiger partial charge is 0.381 e. The van der Waals surface area contributed by atoms with Crippen molar-refractivity contribution >= 4 is 23.1 Å². The van der Waals surface area contributed by atoms with Crippen molar-refractivity contribution in [1.82, 2.24) is 14.8 Å². The summed E-state index contributed by atoms with van der Waals surface area (Å²) in [6.45, 7) is 4.40. The third kappa shape index (κ3) is 4.68. The predicted molar refractivity (Wildman–Crippen MR) is 97.9 cm³/mol. The highest BCUT2D eigenvalue weighted by atomic mass is 35.5. The zero-order valence-corrected chi connectivity index (χ0v) is 15.4. The molecule has 1 aliphatic carbocycles. The molecule has 6 heteroatoms. The summed E-state index contributed by atoms with van der Waals surface area (Å²) in [6.07, 6.45) is 5.82. The molecule has 0 radical (unpaired) electrons. The average molecular weight is 351 g/mol. The number of piperidine rings is 1. The first-order valence-corrected chi connectivity index (χ1v) is 9.24. The van der Waals surface area contributed by atoms with E-state index < -0.39 is 0 Å². The Labute approximate surface area is 149 Å². The van der Waals surface area contributed by atoms with Gasteiger partial charge in [-0.1, -0.05) is 11.6 Å². The van der Waals surface area contributed by atoms with Gasteiger partial charge in [-0.3, -0.25) is 4.79 Å². The Morgan fingerprint density at radius 3 is 2.67 bits per heavy atom. The second-order valence-electron chi connectivity index (χ2n) is 7.25.